The van der Waals surface area contributed by atoms with Crippen LogP contribution >= 0.6 is 11.3 Å². The Kier molecular flexibility index (Phi) is 5.50. The number of aryl methyl sites for hydroxylation is 2. The molecule has 0 amide bonds. The van der Waals surface area contributed by atoms with E-state index < -0.39 is 0 Å². The Labute approximate surface area is 128 Å². The highest BCUT2D eigenvalue weighted by atomic mass is 32.1. The number of esters is 1. The van der Waals surface area contributed by atoms with Crippen LogP contribution in [0.5, 0.6) is 0 Å². The zero-order chi connectivity index (χ0) is 15.2. The highest BCUT2D eigenvalue weighted by Crippen LogP contribution is 2.15. The molecule has 0 aliphatic heterocycles. The van der Waals surface area contributed by atoms with Crippen LogP contribution in [0.3, 0.4) is 0 Å². The molecule has 0 unspecified atom stereocenters. The van der Waals surface area contributed by atoms with Gasteiger partial charge in [-0.25, -0.2) is 9.48 Å². The van der Waals surface area contributed by atoms with Crippen LogP contribution in [0.1, 0.15) is 41.8 Å². The molecule has 0 spiro atoms. The van der Waals surface area contributed by atoms with Gasteiger partial charge in [0.05, 0.1) is 12.3 Å². The smallest absolute Gasteiger partial charge is 0.360 e. The number of rotatable bonds is 7. The molecule has 2 aromatic rings. The summed E-state index contributed by atoms with van der Waals surface area (Å²) in [7, 11) is 0. The number of hydrogen-bond donors (Lipinski definition) is 0. The Morgan fingerprint density at radius 1 is 1.48 bits per heavy atom. The second-order valence-electron chi connectivity index (χ2n) is 5.26. The number of aromatic nitrogens is 3. The molecular weight excluding hydrogens is 286 g/mol. The molecule has 0 aliphatic carbocycles. The molecule has 0 N–H and O–H groups in total. The van der Waals surface area contributed by atoms with Gasteiger partial charge in [-0.1, -0.05) is 25.1 Å². The van der Waals surface area contributed by atoms with Crippen LogP contribution in [-0.4, -0.2) is 27.6 Å². The van der Waals surface area contributed by atoms with Crippen molar-refractivity contribution in [2.75, 3.05) is 6.61 Å². The Morgan fingerprint density at radius 2 is 2.29 bits per heavy atom. The summed E-state index contributed by atoms with van der Waals surface area (Å²) < 4.78 is 6.90. The molecule has 0 bridgehead atoms. The van der Waals surface area contributed by atoms with Gasteiger partial charge in [0.1, 0.15) is 0 Å². The minimum Gasteiger partial charge on any atom is -0.461 e. The Bertz CT molecular complexity index is 576. The maximum Gasteiger partial charge on any atom is 0.360 e. The minimum atomic E-state index is -0.379. The van der Waals surface area contributed by atoms with Gasteiger partial charge in [0.15, 0.2) is 5.69 Å². The van der Waals surface area contributed by atoms with Crippen LogP contribution in [0, 0.1) is 5.92 Å². The third kappa shape index (κ3) is 4.14. The lowest BCUT2D eigenvalue weighted by atomic mass is 10.1. The van der Waals surface area contributed by atoms with Crippen LogP contribution in [0.4, 0.5) is 0 Å². The molecule has 6 heteroatoms. The maximum absolute atomic E-state index is 12.0. The topological polar surface area (TPSA) is 57.0 Å². The van der Waals surface area contributed by atoms with E-state index in [4.69, 9.17) is 4.74 Å². The molecule has 0 radical (unpaired) electrons. The number of thiophene rings is 1. The average Bonchev–Trinajstić information content (AvgIpc) is 3.05. The molecule has 0 aromatic carbocycles. The Balaban J connectivity index is 2.17. The maximum atomic E-state index is 12.0. The van der Waals surface area contributed by atoms with E-state index in [2.05, 4.69) is 35.6 Å². The molecule has 0 atom stereocenters. The fourth-order valence-corrected chi connectivity index (χ4v) is 2.83. The first-order valence-corrected chi connectivity index (χ1v) is 8.11. The van der Waals surface area contributed by atoms with Crippen molar-refractivity contribution < 1.29 is 9.53 Å². The van der Waals surface area contributed by atoms with Gasteiger partial charge >= 0.3 is 5.97 Å². The molecular formula is C15H21N3O2S. The number of carbonyl (C=O) groups is 1. The third-order valence-electron chi connectivity index (χ3n) is 3.06. The summed E-state index contributed by atoms with van der Waals surface area (Å²) in [6, 6.07) is 4.15. The molecule has 0 saturated heterocycles. The first-order valence-electron chi connectivity index (χ1n) is 7.23. The number of ether oxygens (including phenoxy) is 1. The van der Waals surface area contributed by atoms with Gasteiger partial charge in [0.25, 0.3) is 0 Å². The molecule has 2 aromatic heterocycles. The lowest BCUT2D eigenvalue weighted by Gasteiger charge is -2.09. The summed E-state index contributed by atoms with van der Waals surface area (Å²) in [5.74, 6) is 0.0488. The summed E-state index contributed by atoms with van der Waals surface area (Å²) in [6.45, 7) is 7.11. The quantitative estimate of drug-likeness (QED) is 0.738. The number of carbonyl (C=O) groups excluding carboxylic acids is 1. The molecule has 0 fully saturated rings. The molecule has 21 heavy (non-hydrogen) atoms. The van der Waals surface area contributed by atoms with Crippen LogP contribution in [0.25, 0.3) is 0 Å². The van der Waals surface area contributed by atoms with Crippen molar-refractivity contribution in [3.8, 4) is 0 Å². The van der Waals surface area contributed by atoms with E-state index >= 15 is 0 Å². The molecule has 0 saturated carbocycles. The van der Waals surface area contributed by atoms with Crippen molar-refractivity contribution in [3.05, 3.63) is 33.8 Å². The number of nitrogens with zero attached hydrogens (tertiary/aromatic N) is 3. The Morgan fingerprint density at radius 3 is 2.90 bits per heavy atom. The zero-order valence-corrected chi connectivity index (χ0v) is 13.5. The van der Waals surface area contributed by atoms with E-state index in [-0.39, 0.29) is 5.97 Å². The lowest BCUT2D eigenvalue weighted by Crippen LogP contribution is -2.14. The van der Waals surface area contributed by atoms with E-state index in [1.165, 1.54) is 4.88 Å². The summed E-state index contributed by atoms with van der Waals surface area (Å²) in [5.41, 5.74) is 1.23. The van der Waals surface area contributed by atoms with Gasteiger partial charge < -0.3 is 4.74 Å². The van der Waals surface area contributed by atoms with Gasteiger partial charge in [-0.2, -0.15) is 0 Å². The lowest BCUT2D eigenvalue weighted by molar-refractivity contribution is 0.0517. The second kappa shape index (κ2) is 7.36. The summed E-state index contributed by atoms with van der Waals surface area (Å²) in [6.07, 6.45) is 1.67. The van der Waals surface area contributed by atoms with Crippen molar-refractivity contribution in [2.45, 2.75) is 40.2 Å². The van der Waals surface area contributed by atoms with Gasteiger partial charge in [0.2, 0.25) is 0 Å². The average molecular weight is 307 g/mol. The fourth-order valence-electron chi connectivity index (χ4n) is 2.13. The first-order chi connectivity index (χ1) is 10.1. The van der Waals surface area contributed by atoms with E-state index in [1.807, 2.05) is 10.7 Å². The Hall–Kier alpha value is -1.69. The van der Waals surface area contributed by atoms with Gasteiger partial charge in [-0.05, 0) is 30.7 Å². The summed E-state index contributed by atoms with van der Waals surface area (Å²) >= 11 is 1.73. The van der Waals surface area contributed by atoms with Crippen molar-refractivity contribution in [3.63, 3.8) is 0 Å². The minimum absolute atomic E-state index is 0.349. The normalized spacial score (nSPS) is 11.0. The number of hydrogen-bond acceptors (Lipinski definition) is 5. The summed E-state index contributed by atoms with van der Waals surface area (Å²) in [4.78, 5) is 13.3. The molecule has 2 heterocycles. The predicted octanol–water partition coefficient (Wildman–Crippen LogP) is 2.96. The molecule has 114 valence electrons. The van der Waals surface area contributed by atoms with Crippen molar-refractivity contribution in [1.29, 1.82) is 0 Å². The van der Waals surface area contributed by atoms with E-state index in [0.29, 0.717) is 18.2 Å². The molecule has 0 aliphatic rings. The van der Waals surface area contributed by atoms with E-state index in [0.717, 1.165) is 25.1 Å². The standard InChI is InChI=1S/C15H21N3O2S/c1-4-20-15(19)14-13(10-11(2)3)18(17-16-14)8-7-12-6-5-9-21-12/h5-6,9,11H,4,7-8,10H2,1-3H3. The van der Waals surface area contributed by atoms with Crippen molar-refractivity contribution >= 4 is 17.3 Å². The van der Waals surface area contributed by atoms with Crippen LogP contribution in [-0.2, 0) is 24.1 Å². The third-order valence-corrected chi connectivity index (χ3v) is 3.99. The fraction of sp³-hybridized carbons (Fsp3) is 0.533. The molecule has 5 nitrogen and oxygen atoms in total. The highest BCUT2D eigenvalue weighted by molar-refractivity contribution is 7.09. The van der Waals surface area contributed by atoms with Crippen LogP contribution in [0.15, 0.2) is 17.5 Å². The van der Waals surface area contributed by atoms with Crippen LogP contribution < -0.4 is 0 Å². The first kappa shape index (κ1) is 15.7. The largest absolute Gasteiger partial charge is 0.461 e. The zero-order valence-electron chi connectivity index (χ0n) is 12.7. The monoisotopic (exact) mass is 307 g/mol. The molecule has 2 rings (SSSR count). The summed E-state index contributed by atoms with van der Waals surface area (Å²) in [5, 5.41) is 10.2. The van der Waals surface area contributed by atoms with Crippen molar-refractivity contribution in [2.24, 2.45) is 5.92 Å². The van der Waals surface area contributed by atoms with Crippen LogP contribution in [0.2, 0.25) is 0 Å². The SMILES string of the molecule is CCOC(=O)c1nnn(CCc2cccs2)c1CC(C)C. The van der Waals surface area contributed by atoms with Crippen molar-refractivity contribution in [1.82, 2.24) is 15.0 Å². The van der Waals surface area contributed by atoms with Gasteiger partial charge in [-0.15, -0.1) is 16.4 Å². The van der Waals surface area contributed by atoms with Gasteiger partial charge in [0, 0.05) is 17.8 Å². The predicted molar refractivity (Wildman–Crippen MR) is 82.5 cm³/mol. The van der Waals surface area contributed by atoms with Gasteiger partial charge in [-0.3, -0.25) is 0 Å². The van der Waals surface area contributed by atoms with E-state index in [9.17, 15) is 4.79 Å². The van der Waals surface area contributed by atoms with E-state index in [1.54, 1.807) is 18.3 Å². The highest BCUT2D eigenvalue weighted by Gasteiger charge is 2.21. The second-order valence-corrected chi connectivity index (χ2v) is 6.29.